The van der Waals surface area contributed by atoms with Crippen LogP contribution in [0.15, 0.2) is 35.3 Å². The first-order valence-electron chi connectivity index (χ1n) is 7.64. The minimum Gasteiger partial charge on any atom is -0.338 e. The molecule has 0 aliphatic heterocycles. The van der Waals surface area contributed by atoms with Crippen LogP contribution < -0.4 is 10.9 Å². The normalized spacial score (nSPS) is 11.4. The molecule has 0 radical (unpaired) electrons. The highest BCUT2D eigenvalue weighted by atomic mass is 19.4. The first-order chi connectivity index (χ1) is 12.7. The molecule has 138 valence electrons. The van der Waals surface area contributed by atoms with Gasteiger partial charge in [-0.2, -0.15) is 23.5 Å². The van der Waals surface area contributed by atoms with Crippen molar-refractivity contribution in [1.29, 1.82) is 5.26 Å². The minimum atomic E-state index is -4.60. The molecule has 0 bridgehead atoms. The Bertz CT molecular complexity index is 1140. The number of benzene rings is 1. The summed E-state index contributed by atoms with van der Waals surface area (Å²) in [6, 6.07) is 6.13. The summed E-state index contributed by atoms with van der Waals surface area (Å²) in [4.78, 5) is 24.7. The summed E-state index contributed by atoms with van der Waals surface area (Å²) in [6.45, 7) is -0.238. The molecule has 2 heterocycles. The zero-order valence-corrected chi connectivity index (χ0v) is 13.9. The van der Waals surface area contributed by atoms with Crippen molar-refractivity contribution in [2.75, 3.05) is 6.54 Å². The second-order valence-corrected chi connectivity index (χ2v) is 5.69. The van der Waals surface area contributed by atoms with E-state index in [0.717, 1.165) is 16.7 Å². The Morgan fingerprint density at radius 1 is 1.33 bits per heavy atom. The highest BCUT2D eigenvalue weighted by Gasteiger charge is 2.32. The molecule has 7 nitrogen and oxygen atoms in total. The number of alkyl halides is 3. The molecule has 0 saturated carbocycles. The number of fused-ring (bicyclic) bond motifs is 1. The fraction of sp³-hybridized carbons (Fsp3) is 0.176. The molecule has 0 fully saturated rings. The fourth-order valence-electron chi connectivity index (χ4n) is 2.72. The second kappa shape index (κ2) is 6.60. The van der Waals surface area contributed by atoms with E-state index in [1.165, 1.54) is 25.4 Å². The van der Waals surface area contributed by atoms with Crippen LogP contribution in [0, 0.1) is 11.3 Å². The first-order valence-corrected chi connectivity index (χ1v) is 7.64. The largest absolute Gasteiger partial charge is 0.416 e. The Hall–Kier alpha value is -3.61. The Morgan fingerprint density at radius 3 is 2.74 bits per heavy atom. The van der Waals surface area contributed by atoms with Crippen molar-refractivity contribution in [1.82, 2.24) is 20.1 Å². The van der Waals surface area contributed by atoms with Gasteiger partial charge in [0, 0.05) is 18.0 Å². The van der Waals surface area contributed by atoms with Gasteiger partial charge in [0.1, 0.15) is 12.2 Å². The van der Waals surface area contributed by atoms with Gasteiger partial charge in [-0.05, 0) is 29.8 Å². The molecular formula is C17H12F3N5O2. The van der Waals surface area contributed by atoms with Crippen molar-refractivity contribution < 1.29 is 18.0 Å². The molecule has 1 amide bonds. The second-order valence-electron chi connectivity index (χ2n) is 5.69. The predicted molar refractivity (Wildman–Crippen MR) is 89.7 cm³/mol. The van der Waals surface area contributed by atoms with Gasteiger partial charge in [0.15, 0.2) is 0 Å². The molecule has 3 rings (SSSR count). The molecule has 27 heavy (non-hydrogen) atoms. The molecule has 0 atom stereocenters. The van der Waals surface area contributed by atoms with Crippen molar-refractivity contribution >= 4 is 16.8 Å². The number of rotatable bonds is 3. The van der Waals surface area contributed by atoms with E-state index in [-0.39, 0.29) is 28.9 Å². The molecular weight excluding hydrogens is 363 g/mol. The van der Waals surface area contributed by atoms with Crippen LogP contribution in [0.3, 0.4) is 0 Å². The monoisotopic (exact) mass is 375 g/mol. The van der Waals surface area contributed by atoms with E-state index < -0.39 is 23.2 Å². The lowest BCUT2D eigenvalue weighted by molar-refractivity contribution is -0.137. The first kappa shape index (κ1) is 18.2. The van der Waals surface area contributed by atoms with Crippen LogP contribution >= 0.6 is 0 Å². The average molecular weight is 375 g/mol. The Labute approximate surface area is 150 Å². The number of amides is 1. The number of nitrogens with one attached hydrogen (secondary N) is 2. The van der Waals surface area contributed by atoms with Crippen LogP contribution in [-0.4, -0.2) is 27.2 Å². The van der Waals surface area contributed by atoms with Gasteiger partial charge in [0.2, 0.25) is 0 Å². The number of nitrogens with zero attached hydrogens (tertiary/aromatic N) is 3. The van der Waals surface area contributed by atoms with E-state index in [9.17, 15) is 22.8 Å². The van der Waals surface area contributed by atoms with Gasteiger partial charge in [-0.3, -0.25) is 14.7 Å². The van der Waals surface area contributed by atoms with Gasteiger partial charge < -0.3 is 9.88 Å². The smallest absolute Gasteiger partial charge is 0.338 e. The zero-order chi connectivity index (χ0) is 19.8. The number of carbonyl (C=O) groups is 1. The van der Waals surface area contributed by atoms with Crippen LogP contribution in [0.25, 0.3) is 22.0 Å². The van der Waals surface area contributed by atoms with Crippen LogP contribution in [0.2, 0.25) is 0 Å². The van der Waals surface area contributed by atoms with Gasteiger partial charge in [-0.1, -0.05) is 0 Å². The maximum absolute atomic E-state index is 13.2. The maximum atomic E-state index is 13.2. The quantitative estimate of drug-likeness (QED) is 0.685. The Balaban J connectivity index is 2.19. The summed E-state index contributed by atoms with van der Waals surface area (Å²) < 4.78 is 40.6. The lowest BCUT2D eigenvalue weighted by Crippen LogP contribution is -2.31. The molecule has 2 aromatic heterocycles. The molecule has 2 N–H and O–H groups in total. The standard InChI is InChI=1S/C17H12F3N5O2/c1-25-14(15(26)22-5-4-21)3-2-10(16(25)27)11-6-9(17(18,19)20)7-13-12(11)8-23-24-13/h2-3,6-8H,5H2,1H3,(H,22,26)(H,23,24). The summed E-state index contributed by atoms with van der Waals surface area (Å²) in [6.07, 6.45) is -3.27. The predicted octanol–water partition coefficient (Wildman–Crippen LogP) is 2.20. The molecule has 0 aliphatic carbocycles. The molecule has 0 unspecified atom stereocenters. The highest BCUT2D eigenvalue weighted by Crippen LogP contribution is 2.35. The molecule has 0 aliphatic rings. The van der Waals surface area contributed by atoms with E-state index in [0.29, 0.717) is 5.39 Å². The van der Waals surface area contributed by atoms with E-state index in [4.69, 9.17) is 5.26 Å². The molecule has 0 spiro atoms. The SMILES string of the molecule is Cn1c(C(=O)NCC#N)ccc(-c2cc(C(F)(F)F)cc3[nH]ncc23)c1=O. The van der Waals surface area contributed by atoms with Crippen molar-refractivity contribution in [2.24, 2.45) is 7.05 Å². The fourth-order valence-corrected chi connectivity index (χ4v) is 2.72. The van der Waals surface area contributed by atoms with Crippen molar-refractivity contribution in [3.63, 3.8) is 0 Å². The number of hydrogen-bond acceptors (Lipinski definition) is 4. The van der Waals surface area contributed by atoms with Crippen molar-refractivity contribution in [3.8, 4) is 17.2 Å². The van der Waals surface area contributed by atoms with Crippen LogP contribution in [0.1, 0.15) is 16.1 Å². The van der Waals surface area contributed by atoms with Crippen LogP contribution in [0.4, 0.5) is 13.2 Å². The molecule has 3 aromatic rings. The minimum absolute atomic E-state index is 0.00756. The number of aromatic amines is 1. The van der Waals surface area contributed by atoms with Crippen LogP contribution in [0.5, 0.6) is 0 Å². The summed E-state index contributed by atoms with van der Waals surface area (Å²) in [5.74, 6) is -0.639. The lowest BCUT2D eigenvalue weighted by Gasteiger charge is -2.13. The number of pyridine rings is 1. The number of nitriles is 1. The van der Waals surface area contributed by atoms with Crippen molar-refractivity contribution in [3.05, 3.63) is 52.1 Å². The zero-order valence-electron chi connectivity index (χ0n) is 13.9. The van der Waals surface area contributed by atoms with Crippen LogP contribution in [-0.2, 0) is 13.2 Å². The Kier molecular flexibility index (Phi) is 4.45. The number of aromatic nitrogens is 3. The number of carbonyl (C=O) groups excluding carboxylic acids is 1. The summed E-state index contributed by atoms with van der Waals surface area (Å²) in [5.41, 5.74) is -1.41. The number of H-pyrrole nitrogens is 1. The highest BCUT2D eigenvalue weighted by molar-refractivity contribution is 5.96. The van der Waals surface area contributed by atoms with Gasteiger partial charge in [0.25, 0.3) is 11.5 Å². The third kappa shape index (κ3) is 3.27. The van der Waals surface area contributed by atoms with Gasteiger partial charge in [-0.25, -0.2) is 0 Å². The van der Waals surface area contributed by atoms with Gasteiger partial charge >= 0.3 is 6.18 Å². The van der Waals surface area contributed by atoms with E-state index >= 15 is 0 Å². The number of halogens is 3. The topological polar surface area (TPSA) is 104 Å². The third-order valence-corrected chi connectivity index (χ3v) is 4.04. The average Bonchev–Trinajstić information content (AvgIpc) is 3.09. The molecule has 10 heteroatoms. The van der Waals surface area contributed by atoms with E-state index in [2.05, 4.69) is 15.5 Å². The summed E-state index contributed by atoms with van der Waals surface area (Å²) in [5, 5.41) is 17.4. The molecule has 0 saturated heterocycles. The third-order valence-electron chi connectivity index (χ3n) is 4.04. The molecule has 1 aromatic carbocycles. The van der Waals surface area contributed by atoms with E-state index in [1.54, 1.807) is 6.07 Å². The van der Waals surface area contributed by atoms with Crippen molar-refractivity contribution in [2.45, 2.75) is 6.18 Å². The van der Waals surface area contributed by atoms with E-state index in [1.807, 2.05) is 0 Å². The van der Waals surface area contributed by atoms with Gasteiger partial charge in [-0.15, -0.1) is 0 Å². The van der Waals surface area contributed by atoms with Gasteiger partial charge in [0.05, 0.1) is 23.3 Å². The summed E-state index contributed by atoms with van der Waals surface area (Å²) >= 11 is 0. The summed E-state index contributed by atoms with van der Waals surface area (Å²) in [7, 11) is 1.33. The maximum Gasteiger partial charge on any atom is 0.416 e. The lowest BCUT2D eigenvalue weighted by atomic mass is 9.99. The Morgan fingerprint density at radius 2 is 2.07 bits per heavy atom. The number of hydrogen-bond donors (Lipinski definition) is 2.